The fourth-order valence-electron chi connectivity index (χ4n) is 2.54. The normalized spacial score (nSPS) is 12.0. The van der Waals surface area contributed by atoms with Crippen LogP contribution in [0.2, 0.25) is 0 Å². The van der Waals surface area contributed by atoms with Crippen molar-refractivity contribution < 1.29 is 14.1 Å². The lowest BCUT2D eigenvalue weighted by molar-refractivity contribution is 0.0815. The fourth-order valence-corrected chi connectivity index (χ4v) is 4.11. The average Bonchev–Trinajstić information content (AvgIpc) is 3.50. The van der Waals surface area contributed by atoms with E-state index in [1.165, 1.54) is 36.1 Å². The quantitative estimate of drug-likeness (QED) is 0.337. The molecule has 1 amide bonds. The van der Waals surface area contributed by atoms with Crippen molar-refractivity contribution in [1.29, 1.82) is 0 Å². The summed E-state index contributed by atoms with van der Waals surface area (Å²) in [6.45, 7) is 1.98. The van der Waals surface area contributed by atoms with E-state index in [1.54, 1.807) is 6.07 Å². The molecule has 4 aromatic rings. The van der Waals surface area contributed by atoms with Gasteiger partial charge < -0.3 is 19.6 Å². The zero-order chi connectivity index (χ0) is 23.2. The van der Waals surface area contributed by atoms with Gasteiger partial charge in [0.25, 0.3) is 5.91 Å². The third-order valence-electron chi connectivity index (χ3n) is 4.41. The smallest absolute Gasteiger partial charge is 0.276 e. The summed E-state index contributed by atoms with van der Waals surface area (Å²) in [5.74, 6) is 0.676. The molecule has 4 rings (SSSR count). The van der Waals surface area contributed by atoms with Crippen molar-refractivity contribution in [3.05, 3.63) is 60.7 Å². The molecule has 1 aromatic carbocycles. The molecule has 0 fully saturated rings. The number of aromatic nitrogens is 5. The lowest BCUT2D eigenvalue weighted by atomic mass is 10.3. The number of aromatic amines is 1. The predicted octanol–water partition coefficient (Wildman–Crippen LogP) is 4.03. The van der Waals surface area contributed by atoms with E-state index >= 15 is 0 Å². The maximum absolute atomic E-state index is 13.0. The van der Waals surface area contributed by atoms with Crippen LogP contribution in [0.25, 0.3) is 0 Å². The van der Waals surface area contributed by atoms with Crippen LogP contribution >= 0.6 is 23.5 Å². The number of nitrogens with zero attached hydrogens (tertiary/aromatic N) is 5. The number of anilines is 1. The molecule has 33 heavy (non-hydrogen) atoms. The summed E-state index contributed by atoms with van der Waals surface area (Å²) in [5, 5.41) is 15.3. The van der Waals surface area contributed by atoms with Crippen LogP contribution in [0.1, 0.15) is 17.4 Å². The number of amides is 1. The van der Waals surface area contributed by atoms with Crippen LogP contribution in [0.3, 0.4) is 0 Å². The van der Waals surface area contributed by atoms with Gasteiger partial charge in [-0.15, -0.1) is 10.2 Å². The molecule has 0 saturated heterocycles. The molecular formula is C21H21N7O3S2. The molecule has 0 spiro atoms. The minimum absolute atomic E-state index is 0.0473. The summed E-state index contributed by atoms with van der Waals surface area (Å²) in [5.41, 5.74) is 0.258. The molecule has 10 nitrogen and oxygen atoms in total. The van der Waals surface area contributed by atoms with Crippen molar-refractivity contribution in [2.45, 2.75) is 33.1 Å². The molecule has 170 valence electrons. The second kappa shape index (κ2) is 10.5. The van der Waals surface area contributed by atoms with Gasteiger partial charge in [0.1, 0.15) is 35.3 Å². The highest BCUT2D eigenvalue weighted by Gasteiger charge is 2.18. The molecule has 0 aliphatic carbocycles. The number of hydrogen-bond acceptors (Lipinski definition) is 10. The second-order valence-corrected chi connectivity index (χ2v) is 9.11. The Morgan fingerprint density at radius 1 is 1.15 bits per heavy atom. The second-order valence-electron chi connectivity index (χ2n) is 6.99. The Kier molecular flexibility index (Phi) is 7.27. The van der Waals surface area contributed by atoms with E-state index in [4.69, 9.17) is 9.26 Å². The number of hydrogen-bond donors (Lipinski definition) is 2. The fraction of sp³-hybridized carbons (Fsp3) is 0.190. The van der Waals surface area contributed by atoms with E-state index in [9.17, 15) is 4.79 Å². The maximum atomic E-state index is 13.0. The molecule has 0 radical (unpaired) electrons. The van der Waals surface area contributed by atoms with E-state index in [0.717, 1.165) is 10.6 Å². The minimum atomic E-state index is -0.397. The maximum Gasteiger partial charge on any atom is 0.276 e. The van der Waals surface area contributed by atoms with Gasteiger partial charge in [-0.05, 0) is 69.2 Å². The zero-order valence-corrected chi connectivity index (χ0v) is 19.7. The van der Waals surface area contributed by atoms with E-state index in [-0.39, 0.29) is 11.9 Å². The first kappa shape index (κ1) is 22.8. The zero-order valence-electron chi connectivity index (χ0n) is 18.1. The standard InChI is InChI=1S/C21H21N7O3S2/c1-13(28(2)3)31-14-4-6-15(7-5-14)32-16-8-9-18(33-21-22-12-23-26-21)25-19(16)20(29)24-17-10-11-30-27-17/h4-13H,1-3H3,(H,22,23,26)(H,24,27,29). The molecule has 3 aromatic heterocycles. The van der Waals surface area contributed by atoms with Gasteiger partial charge >= 0.3 is 0 Å². The number of benzene rings is 1. The molecule has 2 N–H and O–H groups in total. The summed E-state index contributed by atoms with van der Waals surface area (Å²) in [7, 11) is 3.91. The van der Waals surface area contributed by atoms with Gasteiger partial charge in [0.2, 0.25) is 0 Å². The molecule has 1 unspecified atom stereocenters. The van der Waals surface area contributed by atoms with Gasteiger partial charge in [-0.2, -0.15) is 0 Å². The molecule has 0 aliphatic rings. The number of carbonyl (C=O) groups is 1. The summed E-state index contributed by atoms with van der Waals surface area (Å²) < 4.78 is 10.7. The van der Waals surface area contributed by atoms with Crippen LogP contribution in [-0.2, 0) is 0 Å². The average molecular weight is 484 g/mol. The van der Waals surface area contributed by atoms with E-state index < -0.39 is 5.91 Å². The van der Waals surface area contributed by atoms with Crippen LogP contribution in [-0.4, -0.2) is 56.5 Å². The van der Waals surface area contributed by atoms with Gasteiger partial charge in [-0.1, -0.05) is 16.9 Å². The van der Waals surface area contributed by atoms with E-state index in [2.05, 4.69) is 30.6 Å². The highest BCUT2D eigenvalue weighted by Crippen LogP contribution is 2.33. The molecular weight excluding hydrogens is 462 g/mol. The van der Waals surface area contributed by atoms with Crippen molar-refractivity contribution in [2.24, 2.45) is 0 Å². The highest BCUT2D eigenvalue weighted by atomic mass is 32.2. The van der Waals surface area contributed by atoms with E-state index in [0.29, 0.717) is 20.9 Å². The SMILES string of the molecule is CC(Oc1ccc(Sc2ccc(Sc3nnc[nH]3)nc2C(=O)Nc2ccon2)cc1)N(C)C. The van der Waals surface area contributed by atoms with Crippen LogP contribution in [0.15, 0.2) is 79.6 Å². The lowest BCUT2D eigenvalue weighted by Crippen LogP contribution is -2.30. The van der Waals surface area contributed by atoms with Gasteiger partial charge in [-0.3, -0.25) is 9.69 Å². The first-order chi connectivity index (χ1) is 16.0. The third-order valence-corrected chi connectivity index (χ3v) is 6.29. The Morgan fingerprint density at radius 3 is 2.64 bits per heavy atom. The molecule has 0 bridgehead atoms. The lowest BCUT2D eigenvalue weighted by Gasteiger charge is -2.21. The Balaban J connectivity index is 1.56. The molecule has 12 heteroatoms. The topological polar surface area (TPSA) is 122 Å². The third kappa shape index (κ3) is 6.12. The summed E-state index contributed by atoms with van der Waals surface area (Å²) in [4.78, 5) is 24.0. The van der Waals surface area contributed by atoms with Crippen molar-refractivity contribution in [3.8, 4) is 5.75 Å². The molecule has 3 heterocycles. The Labute approximate surface area is 198 Å². The van der Waals surface area contributed by atoms with Crippen LogP contribution in [0.4, 0.5) is 5.82 Å². The van der Waals surface area contributed by atoms with Crippen molar-refractivity contribution in [2.75, 3.05) is 19.4 Å². The minimum Gasteiger partial charge on any atom is -0.475 e. The number of H-pyrrole nitrogens is 1. The van der Waals surface area contributed by atoms with Gasteiger partial charge in [0.15, 0.2) is 11.0 Å². The molecule has 0 aliphatic heterocycles. The van der Waals surface area contributed by atoms with Gasteiger partial charge in [0.05, 0.1) is 0 Å². The van der Waals surface area contributed by atoms with Crippen LogP contribution in [0, 0.1) is 0 Å². The molecule has 0 saturated carbocycles. The number of pyridine rings is 1. The van der Waals surface area contributed by atoms with Crippen molar-refractivity contribution in [3.63, 3.8) is 0 Å². The first-order valence-electron chi connectivity index (χ1n) is 9.85. The largest absolute Gasteiger partial charge is 0.475 e. The van der Waals surface area contributed by atoms with Gasteiger partial charge in [0, 0.05) is 15.9 Å². The molecule has 1 atom stereocenters. The van der Waals surface area contributed by atoms with Gasteiger partial charge in [-0.25, -0.2) is 4.98 Å². The number of nitrogens with one attached hydrogen (secondary N) is 2. The first-order valence-corrected chi connectivity index (χ1v) is 11.5. The van der Waals surface area contributed by atoms with Crippen LogP contribution in [0.5, 0.6) is 5.75 Å². The monoisotopic (exact) mass is 483 g/mol. The summed E-state index contributed by atoms with van der Waals surface area (Å²) >= 11 is 2.70. The predicted molar refractivity (Wildman–Crippen MR) is 124 cm³/mol. The number of ether oxygens (including phenoxy) is 1. The Hall–Kier alpha value is -3.35. The Morgan fingerprint density at radius 2 is 1.97 bits per heavy atom. The van der Waals surface area contributed by atoms with E-state index in [1.807, 2.05) is 62.3 Å². The Bertz CT molecular complexity index is 1180. The van der Waals surface area contributed by atoms with Crippen molar-refractivity contribution >= 4 is 35.2 Å². The number of rotatable bonds is 9. The van der Waals surface area contributed by atoms with Crippen molar-refractivity contribution in [1.82, 2.24) is 30.2 Å². The number of carbonyl (C=O) groups excluding carboxylic acids is 1. The highest BCUT2D eigenvalue weighted by molar-refractivity contribution is 7.99. The summed E-state index contributed by atoms with van der Waals surface area (Å²) in [6.07, 6.45) is 2.82. The summed E-state index contributed by atoms with van der Waals surface area (Å²) in [6, 6.07) is 12.9. The van der Waals surface area contributed by atoms with Crippen LogP contribution < -0.4 is 10.1 Å².